The summed E-state index contributed by atoms with van der Waals surface area (Å²) in [6.07, 6.45) is 5.09. The van der Waals surface area contributed by atoms with Crippen LogP contribution in [0.2, 0.25) is 0 Å². The number of benzene rings is 1. The second kappa shape index (κ2) is 8.22. The quantitative estimate of drug-likeness (QED) is 0.603. The van der Waals surface area contributed by atoms with Crippen molar-refractivity contribution >= 4 is 22.9 Å². The zero-order chi connectivity index (χ0) is 21.3. The Hall–Kier alpha value is -3.29. The Morgan fingerprint density at radius 2 is 1.80 bits per heavy atom. The summed E-state index contributed by atoms with van der Waals surface area (Å²) in [6, 6.07) is 6.95. The Kier molecular flexibility index (Phi) is 5.48. The van der Waals surface area contributed by atoms with Crippen LogP contribution in [-0.2, 0) is 19.1 Å². The maximum absolute atomic E-state index is 12.8. The standard InChI is InChI=1S/C22H23NO7/c1-27-20(24)15-16-18(13-10-6-7-11-14(13)29-22(16)26)30-19(17(15)21(25)28-2)23-12-8-4-3-5-9-12/h6-7,10-12,15,23H,3-5,8-9H2,1-2H3. The van der Waals surface area contributed by atoms with E-state index >= 15 is 0 Å². The van der Waals surface area contributed by atoms with E-state index in [0.29, 0.717) is 11.0 Å². The lowest BCUT2D eigenvalue weighted by Crippen LogP contribution is -2.40. The molecular weight excluding hydrogens is 390 g/mol. The number of para-hydroxylation sites is 1. The van der Waals surface area contributed by atoms with Gasteiger partial charge >= 0.3 is 17.6 Å². The fourth-order valence-corrected chi connectivity index (χ4v) is 4.14. The van der Waals surface area contributed by atoms with Crippen LogP contribution in [0.3, 0.4) is 0 Å². The van der Waals surface area contributed by atoms with Gasteiger partial charge in [0, 0.05) is 6.04 Å². The molecule has 1 fully saturated rings. The maximum Gasteiger partial charge on any atom is 0.344 e. The van der Waals surface area contributed by atoms with E-state index in [1.54, 1.807) is 24.3 Å². The molecule has 2 aromatic rings. The summed E-state index contributed by atoms with van der Waals surface area (Å²) in [4.78, 5) is 38.3. The Bertz CT molecular complexity index is 1080. The number of esters is 2. The minimum atomic E-state index is -1.32. The van der Waals surface area contributed by atoms with Crippen molar-refractivity contribution in [1.29, 1.82) is 0 Å². The number of rotatable bonds is 4. The van der Waals surface area contributed by atoms with Crippen LogP contribution in [0.5, 0.6) is 5.75 Å². The second-order valence-corrected chi connectivity index (χ2v) is 7.40. The molecular formula is C22H23NO7. The van der Waals surface area contributed by atoms with E-state index in [2.05, 4.69) is 5.32 Å². The summed E-state index contributed by atoms with van der Waals surface area (Å²) in [5.41, 5.74) is -0.610. The lowest BCUT2D eigenvalue weighted by molar-refractivity contribution is -0.145. The Morgan fingerprint density at radius 1 is 1.07 bits per heavy atom. The third-order valence-corrected chi connectivity index (χ3v) is 5.61. The summed E-state index contributed by atoms with van der Waals surface area (Å²) in [5, 5.41) is 3.79. The van der Waals surface area contributed by atoms with Crippen LogP contribution in [0.1, 0.15) is 43.6 Å². The molecule has 2 heterocycles. The highest BCUT2D eigenvalue weighted by Crippen LogP contribution is 2.42. The molecule has 0 spiro atoms. The minimum Gasteiger partial charge on any atom is -0.468 e. The van der Waals surface area contributed by atoms with Crippen molar-refractivity contribution in [1.82, 2.24) is 5.32 Å². The molecule has 158 valence electrons. The summed E-state index contributed by atoms with van der Waals surface area (Å²) in [6.45, 7) is 0. The van der Waals surface area contributed by atoms with Gasteiger partial charge in [-0.25, -0.2) is 9.59 Å². The number of hydrogen-bond acceptors (Lipinski definition) is 8. The van der Waals surface area contributed by atoms with Gasteiger partial charge in [-0.1, -0.05) is 31.4 Å². The first-order valence-electron chi connectivity index (χ1n) is 9.95. The molecule has 1 aliphatic heterocycles. The molecule has 1 aliphatic carbocycles. The molecule has 1 unspecified atom stereocenters. The van der Waals surface area contributed by atoms with Gasteiger partial charge in [-0.2, -0.15) is 0 Å². The summed E-state index contributed by atoms with van der Waals surface area (Å²) < 4.78 is 21.3. The molecule has 0 saturated heterocycles. The Morgan fingerprint density at radius 3 is 2.50 bits per heavy atom. The smallest absolute Gasteiger partial charge is 0.344 e. The molecule has 2 aliphatic rings. The van der Waals surface area contributed by atoms with Crippen LogP contribution in [0.15, 0.2) is 44.9 Å². The highest BCUT2D eigenvalue weighted by molar-refractivity contribution is 6.01. The molecule has 8 nitrogen and oxygen atoms in total. The predicted octanol–water partition coefficient (Wildman–Crippen LogP) is 2.75. The van der Waals surface area contributed by atoms with Gasteiger partial charge in [0.1, 0.15) is 22.6 Å². The molecule has 1 aromatic carbocycles. The normalized spacial score (nSPS) is 19.1. The first kappa shape index (κ1) is 20.0. The molecule has 0 bridgehead atoms. The van der Waals surface area contributed by atoms with Gasteiger partial charge in [0.25, 0.3) is 0 Å². The number of nitrogens with one attached hydrogen (secondary N) is 1. The van der Waals surface area contributed by atoms with Gasteiger partial charge in [0.15, 0.2) is 5.75 Å². The molecule has 30 heavy (non-hydrogen) atoms. The molecule has 8 heteroatoms. The van der Waals surface area contributed by atoms with E-state index in [4.69, 9.17) is 18.6 Å². The van der Waals surface area contributed by atoms with Crippen molar-refractivity contribution in [2.24, 2.45) is 0 Å². The van der Waals surface area contributed by atoms with E-state index in [9.17, 15) is 14.4 Å². The fourth-order valence-electron chi connectivity index (χ4n) is 4.14. The number of carbonyl (C=O) groups excluding carboxylic acids is 2. The van der Waals surface area contributed by atoms with Crippen molar-refractivity contribution in [3.8, 4) is 5.75 Å². The maximum atomic E-state index is 12.8. The summed E-state index contributed by atoms with van der Waals surface area (Å²) in [5.74, 6) is -2.57. The van der Waals surface area contributed by atoms with Gasteiger partial charge in [0.2, 0.25) is 5.88 Å². The van der Waals surface area contributed by atoms with Crippen LogP contribution < -0.4 is 15.7 Å². The van der Waals surface area contributed by atoms with Gasteiger partial charge in [-0.15, -0.1) is 0 Å². The third-order valence-electron chi connectivity index (χ3n) is 5.61. The fraction of sp³-hybridized carbons (Fsp3) is 0.409. The summed E-state index contributed by atoms with van der Waals surface area (Å²) in [7, 11) is 2.41. The molecule has 1 N–H and O–H groups in total. The van der Waals surface area contributed by atoms with Crippen LogP contribution >= 0.6 is 0 Å². The van der Waals surface area contributed by atoms with Crippen molar-refractivity contribution in [2.75, 3.05) is 14.2 Å². The van der Waals surface area contributed by atoms with Gasteiger partial charge in [0.05, 0.1) is 19.6 Å². The average molecular weight is 413 g/mol. The van der Waals surface area contributed by atoms with Crippen LogP contribution in [0, 0.1) is 0 Å². The highest BCUT2D eigenvalue weighted by Gasteiger charge is 2.44. The number of carbonyl (C=O) groups is 2. The molecule has 1 atom stereocenters. The van der Waals surface area contributed by atoms with Crippen molar-refractivity contribution in [3.63, 3.8) is 0 Å². The van der Waals surface area contributed by atoms with E-state index < -0.39 is 23.5 Å². The largest absolute Gasteiger partial charge is 0.468 e. The number of ether oxygens (including phenoxy) is 3. The Labute approximate surface area is 172 Å². The van der Waals surface area contributed by atoms with Crippen molar-refractivity contribution in [2.45, 2.75) is 44.1 Å². The van der Waals surface area contributed by atoms with Crippen LogP contribution in [0.25, 0.3) is 11.0 Å². The number of fused-ring (bicyclic) bond motifs is 3. The van der Waals surface area contributed by atoms with E-state index in [1.165, 1.54) is 14.2 Å². The Balaban J connectivity index is 1.93. The molecule has 4 rings (SSSR count). The first-order chi connectivity index (χ1) is 14.5. The molecule has 0 amide bonds. The zero-order valence-electron chi connectivity index (χ0n) is 16.9. The zero-order valence-corrected chi connectivity index (χ0v) is 16.9. The topological polar surface area (TPSA) is 104 Å². The van der Waals surface area contributed by atoms with Gasteiger partial charge in [-0.05, 0) is 25.0 Å². The highest BCUT2D eigenvalue weighted by atomic mass is 16.5. The lowest BCUT2D eigenvalue weighted by Gasteiger charge is -2.31. The summed E-state index contributed by atoms with van der Waals surface area (Å²) >= 11 is 0. The first-order valence-corrected chi connectivity index (χ1v) is 9.95. The molecule has 0 radical (unpaired) electrons. The van der Waals surface area contributed by atoms with E-state index in [-0.39, 0.29) is 28.8 Å². The van der Waals surface area contributed by atoms with Crippen molar-refractivity contribution < 1.29 is 28.2 Å². The minimum absolute atomic E-state index is 0.0739. The van der Waals surface area contributed by atoms with Crippen LogP contribution in [0.4, 0.5) is 0 Å². The monoisotopic (exact) mass is 413 g/mol. The predicted molar refractivity (Wildman–Crippen MR) is 107 cm³/mol. The molecule has 1 aromatic heterocycles. The third kappa shape index (κ3) is 3.42. The SMILES string of the molecule is COC(=O)C1=C(NC2CCCCC2)Oc2c(c(=O)oc3ccccc23)C1C(=O)OC. The molecule has 1 saturated carbocycles. The second-order valence-electron chi connectivity index (χ2n) is 7.40. The van der Waals surface area contributed by atoms with Gasteiger partial charge < -0.3 is 23.9 Å². The number of methoxy groups -OCH3 is 2. The van der Waals surface area contributed by atoms with E-state index in [1.807, 2.05) is 0 Å². The lowest BCUT2D eigenvalue weighted by atomic mass is 9.88. The van der Waals surface area contributed by atoms with Gasteiger partial charge in [-0.3, -0.25) is 4.79 Å². The van der Waals surface area contributed by atoms with E-state index in [0.717, 1.165) is 32.1 Å². The average Bonchev–Trinajstić information content (AvgIpc) is 2.78. The number of hydrogen-bond donors (Lipinski definition) is 1. The van der Waals surface area contributed by atoms with Crippen LogP contribution in [-0.4, -0.2) is 32.2 Å². The van der Waals surface area contributed by atoms with Crippen molar-refractivity contribution in [3.05, 3.63) is 51.7 Å².